The molecule has 0 aromatic carbocycles. The van der Waals surface area contributed by atoms with Gasteiger partial charge in [0.05, 0.1) is 5.56 Å². The third-order valence-electron chi connectivity index (χ3n) is 3.43. The largest absolute Gasteiger partial charge is 0.452 e. The third kappa shape index (κ3) is 3.95. The van der Waals surface area contributed by atoms with Crippen molar-refractivity contribution in [2.75, 3.05) is 11.9 Å². The van der Waals surface area contributed by atoms with Crippen molar-refractivity contribution in [3.63, 3.8) is 0 Å². The highest BCUT2D eigenvalue weighted by atomic mass is 32.1. The van der Waals surface area contributed by atoms with Crippen LogP contribution in [0.3, 0.4) is 0 Å². The van der Waals surface area contributed by atoms with E-state index in [1.807, 2.05) is 0 Å². The van der Waals surface area contributed by atoms with E-state index < -0.39 is 11.9 Å². The number of allylic oxidation sites excluding steroid dienone is 1. The van der Waals surface area contributed by atoms with Gasteiger partial charge in [-0.25, -0.2) is 4.79 Å². The van der Waals surface area contributed by atoms with Gasteiger partial charge in [0.2, 0.25) is 0 Å². The maximum Gasteiger partial charge on any atom is 0.330 e. The number of nitriles is 1. The summed E-state index contributed by atoms with van der Waals surface area (Å²) in [5.74, 6) is -0.981. The lowest BCUT2D eigenvalue weighted by atomic mass is 10.1. The van der Waals surface area contributed by atoms with E-state index in [-0.39, 0.29) is 6.61 Å². The number of nitrogens with zero attached hydrogens (tertiary/aromatic N) is 1. The van der Waals surface area contributed by atoms with Crippen LogP contribution in [0, 0.1) is 11.3 Å². The van der Waals surface area contributed by atoms with Crippen LogP contribution in [-0.4, -0.2) is 18.5 Å². The van der Waals surface area contributed by atoms with Crippen molar-refractivity contribution >= 4 is 28.2 Å². The van der Waals surface area contributed by atoms with Gasteiger partial charge in [0.1, 0.15) is 11.1 Å². The first kappa shape index (κ1) is 16.2. The zero-order chi connectivity index (χ0) is 15.9. The monoisotopic (exact) mass is 318 g/mol. The van der Waals surface area contributed by atoms with E-state index in [1.165, 1.54) is 28.7 Å². The van der Waals surface area contributed by atoms with Crippen molar-refractivity contribution in [3.8, 4) is 6.07 Å². The first-order valence-corrected chi connectivity index (χ1v) is 8.11. The number of hydrogen-bond donors (Lipinski definition) is 1. The number of rotatable bonds is 4. The molecule has 0 fully saturated rings. The molecule has 1 aromatic rings. The van der Waals surface area contributed by atoms with Crippen LogP contribution in [-0.2, 0) is 27.2 Å². The summed E-state index contributed by atoms with van der Waals surface area (Å²) < 4.78 is 4.80. The standard InChI is InChI=1S/C16H18N2O3S/c1-2-6-15(20)21-10-14(19)18-16-12(9-17)11-7-4-3-5-8-13(11)22-16/h2,6H,3-5,7-8,10H2,1H3,(H,18,19). The Morgan fingerprint density at radius 2 is 2.14 bits per heavy atom. The summed E-state index contributed by atoms with van der Waals surface area (Å²) in [6.45, 7) is 1.34. The summed E-state index contributed by atoms with van der Waals surface area (Å²) in [5, 5.41) is 12.6. The average molecular weight is 318 g/mol. The fourth-order valence-corrected chi connectivity index (χ4v) is 3.69. The minimum Gasteiger partial charge on any atom is -0.452 e. The molecule has 1 aliphatic carbocycles. The zero-order valence-electron chi connectivity index (χ0n) is 12.5. The molecule has 1 heterocycles. The molecule has 0 saturated heterocycles. The number of anilines is 1. The second-order valence-corrected chi connectivity index (χ2v) is 6.14. The van der Waals surface area contributed by atoms with Crippen LogP contribution >= 0.6 is 11.3 Å². The first-order valence-electron chi connectivity index (χ1n) is 7.29. The van der Waals surface area contributed by atoms with E-state index in [4.69, 9.17) is 4.74 Å². The van der Waals surface area contributed by atoms with Crippen molar-refractivity contribution in [2.24, 2.45) is 0 Å². The molecule has 0 spiro atoms. The normalized spacial score (nSPS) is 14.0. The predicted molar refractivity (Wildman–Crippen MR) is 84.7 cm³/mol. The van der Waals surface area contributed by atoms with Crippen molar-refractivity contribution in [1.29, 1.82) is 5.26 Å². The summed E-state index contributed by atoms with van der Waals surface area (Å²) in [6, 6.07) is 2.20. The van der Waals surface area contributed by atoms with E-state index in [1.54, 1.807) is 13.0 Å². The molecule has 0 atom stereocenters. The number of aryl methyl sites for hydroxylation is 1. The maximum atomic E-state index is 11.9. The minimum atomic E-state index is -0.555. The third-order valence-corrected chi connectivity index (χ3v) is 4.64. The molecule has 1 aliphatic rings. The molecule has 0 saturated carbocycles. The fourth-order valence-electron chi connectivity index (χ4n) is 2.43. The van der Waals surface area contributed by atoms with Crippen molar-refractivity contribution in [1.82, 2.24) is 0 Å². The second kappa shape index (κ2) is 7.76. The van der Waals surface area contributed by atoms with Crippen molar-refractivity contribution in [2.45, 2.75) is 39.0 Å². The Kier molecular flexibility index (Phi) is 5.73. The molecule has 1 aromatic heterocycles. The van der Waals surface area contributed by atoms with Crippen LogP contribution in [0.4, 0.5) is 5.00 Å². The van der Waals surface area contributed by atoms with Crippen LogP contribution in [0.15, 0.2) is 12.2 Å². The molecule has 6 heteroatoms. The number of nitrogens with one attached hydrogen (secondary N) is 1. The molecule has 0 radical (unpaired) electrons. The van der Waals surface area contributed by atoms with Gasteiger partial charge in [0.25, 0.3) is 5.91 Å². The van der Waals surface area contributed by atoms with Gasteiger partial charge in [-0.3, -0.25) is 4.79 Å². The van der Waals surface area contributed by atoms with Crippen LogP contribution in [0.25, 0.3) is 0 Å². The van der Waals surface area contributed by atoms with Gasteiger partial charge in [0, 0.05) is 11.0 Å². The number of ether oxygens (including phenoxy) is 1. The Bertz CT molecular complexity index is 641. The summed E-state index contributed by atoms with van der Waals surface area (Å²) >= 11 is 1.46. The molecular formula is C16H18N2O3S. The fraction of sp³-hybridized carbons (Fsp3) is 0.438. The maximum absolute atomic E-state index is 11.9. The Balaban J connectivity index is 2.05. The van der Waals surface area contributed by atoms with Gasteiger partial charge in [-0.15, -0.1) is 11.3 Å². The zero-order valence-corrected chi connectivity index (χ0v) is 13.3. The van der Waals surface area contributed by atoms with Gasteiger partial charge in [0.15, 0.2) is 6.61 Å². The van der Waals surface area contributed by atoms with E-state index in [0.29, 0.717) is 10.6 Å². The first-order chi connectivity index (χ1) is 10.7. The molecule has 116 valence electrons. The van der Waals surface area contributed by atoms with E-state index in [2.05, 4.69) is 11.4 Å². The van der Waals surface area contributed by atoms with Gasteiger partial charge in [-0.05, 0) is 38.2 Å². The molecule has 2 rings (SSSR count). The van der Waals surface area contributed by atoms with E-state index in [9.17, 15) is 14.9 Å². The SMILES string of the molecule is CC=CC(=O)OCC(=O)Nc1sc2c(c1C#N)CCCCC2. The number of thiophene rings is 1. The highest BCUT2D eigenvalue weighted by Crippen LogP contribution is 2.36. The lowest BCUT2D eigenvalue weighted by molar-refractivity contribution is -0.142. The minimum absolute atomic E-state index is 0.351. The summed E-state index contributed by atoms with van der Waals surface area (Å²) in [5.41, 5.74) is 1.64. The van der Waals surface area contributed by atoms with Crippen LogP contribution in [0.2, 0.25) is 0 Å². The predicted octanol–water partition coefficient (Wildman–Crippen LogP) is 2.95. The quantitative estimate of drug-likeness (QED) is 0.526. The van der Waals surface area contributed by atoms with Gasteiger partial charge in [-0.2, -0.15) is 5.26 Å². The second-order valence-electron chi connectivity index (χ2n) is 5.04. The number of esters is 1. The Hall–Kier alpha value is -2.13. The number of hydrogen-bond acceptors (Lipinski definition) is 5. The number of fused-ring (bicyclic) bond motifs is 1. The molecule has 0 aliphatic heterocycles. The Morgan fingerprint density at radius 1 is 1.36 bits per heavy atom. The smallest absolute Gasteiger partial charge is 0.330 e. The van der Waals surface area contributed by atoms with E-state index >= 15 is 0 Å². The molecule has 5 nitrogen and oxygen atoms in total. The Morgan fingerprint density at radius 3 is 2.86 bits per heavy atom. The Labute approximate surface area is 133 Å². The summed E-state index contributed by atoms with van der Waals surface area (Å²) in [7, 11) is 0. The van der Waals surface area contributed by atoms with Crippen molar-refractivity contribution in [3.05, 3.63) is 28.2 Å². The average Bonchev–Trinajstić information content (AvgIpc) is 2.66. The highest BCUT2D eigenvalue weighted by Gasteiger charge is 2.21. The van der Waals surface area contributed by atoms with Crippen LogP contribution in [0.1, 0.15) is 42.2 Å². The lowest BCUT2D eigenvalue weighted by Crippen LogP contribution is -2.20. The van der Waals surface area contributed by atoms with Gasteiger partial charge < -0.3 is 10.1 Å². The highest BCUT2D eigenvalue weighted by molar-refractivity contribution is 7.16. The number of amides is 1. The molecular weight excluding hydrogens is 300 g/mol. The number of carbonyl (C=O) groups is 2. The molecule has 0 unspecified atom stereocenters. The van der Waals surface area contributed by atoms with Crippen LogP contribution in [0.5, 0.6) is 0 Å². The lowest BCUT2D eigenvalue weighted by Gasteiger charge is -2.04. The topological polar surface area (TPSA) is 79.2 Å². The van der Waals surface area contributed by atoms with Crippen molar-refractivity contribution < 1.29 is 14.3 Å². The summed E-state index contributed by atoms with van der Waals surface area (Å²) in [4.78, 5) is 24.2. The number of carbonyl (C=O) groups excluding carboxylic acids is 2. The summed E-state index contributed by atoms with van der Waals surface area (Å²) in [6.07, 6.45) is 8.02. The van der Waals surface area contributed by atoms with Crippen LogP contribution < -0.4 is 5.32 Å². The molecule has 22 heavy (non-hydrogen) atoms. The van der Waals surface area contributed by atoms with Gasteiger partial charge >= 0.3 is 5.97 Å². The molecule has 1 N–H and O–H groups in total. The molecule has 0 bridgehead atoms. The van der Waals surface area contributed by atoms with Gasteiger partial charge in [-0.1, -0.05) is 12.5 Å². The van der Waals surface area contributed by atoms with E-state index in [0.717, 1.165) is 31.2 Å². The molecule has 1 amide bonds.